The van der Waals surface area contributed by atoms with E-state index in [0.717, 1.165) is 18.8 Å². The molecule has 1 aromatic heterocycles. The molecule has 1 heterocycles. The number of hydrogen-bond acceptors (Lipinski definition) is 3. The van der Waals surface area contributed by atoms with Gasteiger partial charge in [0.2, 0.25) is 0 Å². The quantitative estimate of drug-likeness (QED) is 0.685. The molecule has 0 amide bonds. The van der Waals surface area contributed by atoms with E-state index in [1.54, 1.807) is 0 Å². The summed E-state index contributed by atoms with van der Waals surface area (Å²) in [6.07, 6.45) is 3.67. The summed E-state index contributed by atoms with van der Waals surface area (Å²) >= 11 is 1.85. The van der Waals surface area contributed by atoms with E-state index in [1.807, 2.05) is 11.3 Å². The molecule has 1 aromatic carbocycles. The molecular formula is C18H25NOS. The van der Waals surface area contributed by atoms with Crippen molar-refractivity contribution in [1.29, 1.82) is 0 Å². The van der Waals surface area contributed by atoms with Gasteiger partial charge in [-0.25, -0.2) is 0 Å². The van der Waals surface area contributed by atoms with Gasteiger partial charge in [-0.1, -0.05) is 25.5 Å². The van der Waals surface area contributed by atoms with E-state index in [1.165, 1.54) is 34.6 Å². The lowest BCUT2D eigenvalue weighted by molar-refractivity contribution is 0.314. The number of unbranched alkanes of at least 4 members (excludes halogenated alkanes) is 1. The summed E-state index contributed by atoms with van der Waals surface area (Å²) in [6, 6.07) is 12.8. The van der Waals surface area contributed by atoms with Crippen LogP contribution in [0.2, 0.25) is 0 Å². The summed E-state index contributed by atoms with van der Waals surface area (Å²) in [5.74, 6) is 0.962. The first-order valence-corrected chi connectivity index (χ1v) is 8.57. The topological polar surface area (TPSA) is 21.3 Å². The predicted molar refractivity (Wildman–Crippen MR) is 91.3 cm³/mol. The van der Waals surface area contributed by atoms with E-state index in [4.69, 9.17) is 4.74 Å². The summed E-state index contributed by atoms with van der Waals surface area (Å²) in [5.41, 5.74) is 1.40. The first-order chi connectivity index (χ1) is 10.3. The highest BCUT2D eigenvalue weighted by atomic mass is 32.1. The second kappa shape index (κ2) is 8.85. The molecule has 0 spiro atoms. The average molecular weight is 303 g/mol. The van der Waals surface area contributed by atoms with Crippen LogP contribution in [0.5, 0.6) is 5.75 Å². The third-order valence-corrected chi connectivity index (χ3v) is 4.39. The summed E-state index contributed by atoms with van der Waals surface area (Å²) in [6.45, 7) is 6.87. The van der Waals surface area contributed by atoms with E-state index in [2.05, 4.69) is 55.6 Å². The number of hydrogen-bond donors (Lipinski definition) is 1. The lowest BCUT2D eigenvalue weighted by Gasteiger charge is -2.08. The van der Waals surface area contributed by atoms with Gasteiger partial charge in [0.25, 0.3) is 0 Å². The van der Waals surface area contributed by atoms with Crippen LogP contribution in [-0.2, 0) is 13.0 Å². The minimum Gasteiger partial charge on any atom is -0.492 e. The van der Waals surface area contributed by atoms with Crippen LogP contribution in [0.4, 0.5) is 0 Å². The molecule has 0 aliphatic carbocycles. The highest BCUT2D eigenvalue weighted by Crippen LogP contribution is 2.15. The molecular weight excluding hydrogens is 278 g/mol. The zero-order valence-corrected chi connectivity index (χ0v) is 13.8. The zero-order chi connectivity index (χ0) is 14.9. The summed E-state index contributed by atoms with van der Waals surface area (Å²) in [4.78, 5) is 2.75. The van der Waals surface area contributed by atoms with Crippen LogP contribution in [0.3, 0.4) is 0 Å². The maximum absolute atomic E-state index is 5.75. The minimum atomic E-state index is 0.707. The van der Waals surface area contributed by atoms with Gasteiger partial charge in [-0.3, -0.25) is 0 Å². The van der Waals surface area contributed by atoms with Crippen molar-refractivity contribution < 1.29 is 4.74 Å². The number of benzene rings is 1. The van der Waals surface area contributed by atoms with Crippen molar-refractivity contribution in [3.63, 3.8) is 0 Å². The molecule has 0 aliphatic rings. The molecule has 2 rings (SSSR count). The van der Waals surface area contributed by atoms with Gasteiger partial charge < -0.3 is 10.1 Å². The molecule has 0 saturated carbocycles. The molecule has 0 fully saturated rings. The summed E-state index contributed by atoms with van der Waals surface area (Å²) < 4.78 is 5.75. The fourth-order valence-corrected chi connectivity index (χ4v) is 3.03. The monoisotopic (exact) mass is 303 g/mol. The molecule has 0 unspecified atom stereocenters. The number of rotatable bonds is 9. The lowest BCUT2D eigenvalue weighted by Crippen LogP contribution is -2.20. The van der Waals surface area contributed by atoms with Gasteiger partial charge in [-0.15, -0.1) is 11.3 Å². The van der Waals surface area contributed by atoms with E-state index in [-0.39, 0.29) is 0 Å². The Bertz CT molecular complexity index is 518. The van der Waals surface area contributed by atoms with Crippen LogP contribution >= 0.6 is 11.3 Å². The standard InChI is InChI=1S/C18H25NOS/c1-3-4-5-16-7-9-17(10-8-16)20-13-12-19-14-18-11-6-15(2)21-18/h6-11,19H,3-5,12-14H2,1-2H3. The van der Waals surface area contributed by atoms with E-state index >= 15 is 0 Å². The Kier molecular flexibility index (Phi) is 6.77. The van der Waals surface area contributed by atoms with Crippen LogP contribution in [-0.4, -0.2) is 13.2 Å². The molecule has 0 aliphatic heterocycles. The Balaban J connectivity index is 1.62. The third-order valence-electron chi connectivity index (χ3n) is 3.39. The van der Waals surface area contributed by atoms with E-state index < -0.39 is 0 Å². The maximum atomic E-state index is 5.75. The SMILES string of the molecule is CCCCc1ccc(OCCNCc2ccc(C)s2)cc1. The molecule has 2 nitrogen and oxygen atoms in total. The first-order valence-electron chi connectivity index (χ1n) is 7.75. The van der Waals surface area contributed by atoms with Gasteiger partial charge in [0, 0.05) is 22.8 Å². The van der Waals surface area contributed by atoms with Gasteiger partial charge in [0.1, 0.15) is 12.4 Å². The molecule has 114 valence electrons. The smallest absolute Gasteiger partial charge is 0.119 e. The van der Waals surface area contributed by atoms with Crippen molar-refractivity contribution in [2.24, 2.45) is 0 Å². The molecule has 0 saturated heterocycles. The van der Waals surface area contributed by atoms with Crippen LogP contribution in [0, 0.1) is 6.92 Å². The maximum Gasteiger partial charge on any atom is 0.119 e. The molecule has 21 heavy (non-hydrogen) atoms. The fraction of sp³-hybridized carbons (Fsp3) is 0.444. The first kappa shape index (κ1) is 16.1. The second-order valence-corrected chi connectivity index (χ2v) is 6.66. The Labute approximate surface area is 132 Å². The van der Waals surface area contributed by atoms with Crippen molar-refractivity contribution >= 4 is 11.3 Å². The van der Waals surface area contributed by atoms with Crippen molar-refractivity contribution in [3.8, 4) is 5.75 Å². The minimum absolute atomic E-state index is 0.707. The van der Waals surface area contributed by atoms with Crippen LogP contribution in [0.25, 0.3) is 0 Å². The Morgan fingerprint density at radius 1 is 1.10 bits per heavy atom. The molecule has 3 heteroatoms. The molecule has 0 atom stereocenters. The highest BCUT2D eigenvalue weighted by Gasteiger charge is 1.98. The number of aryl methyl sites for hydroxylation is 2. The second-order valence-electron chi connectivity index (χ2n) is 5.29. The van der Waals surface area contributed by atoms with Crippen molar-refractivity contribution in [3.05, 3.63) is 51.7 Å². The van der Waals surface area contributed by atoms with Gasteiger partial charge in [-0.2, -0.15) is 0 Å². The molecule has 1 N–H and O–H groups in total. The Morgan fingerprint density at radius 2 is 1.90 bits per heavy atom. The zero-order valence-electron chi connectivity index (χ0n) is 13.0. The molecule has 2 aromatic rings. The average Bonchev–Trinajstić information content (AvgIpc) is 2.91. The highest BCUT2D eigenvalue weighted by molar-refractivity contribution is 7.11. The predicted octanol–water partition coefficient (Wildman–Crippen LogP) is 4.57. The summed E-state index contributed by atoms with van der Waals surface area (Å²) in [7, 11) is 0. The largest absolute Gasteiger partial charge is 0.492 e. The van der Waals surface area contributed by atoms with Gasteiger partial charge in [0.15, 0.2) is 0 Å². The third kappa shape index (κ3) is 5.90. The Morgan fingerprint density at radius 3 is 2.57 bits per heavy atom. The number of nitrogens with one attached hydrogen (secondary N) is 1. The molecule has 0 radical (unpaired) electrons. The van der Waals surface area contributed by atoms with Crippen molar-refractivity contribution in [2.75, 3.05) is 13.2 Å². The fourth-order valence-electron chi connectivity index (χ4n) is 2.17. The van der Waals surface area contributed by atoms with Gasteiger partial charge in [-0.05, 0) is 49.6 Å². The van der Waals surface area contributed by atoms with Gasteiger partial charge in [0.05, 0.1) is 0 Å². The van der Waals surface area contributed by atoms with Crippen molar-refractivity contribution in [2.45, 2.75) is 39.7 Å². The van der Waals surface area contributed by atoms with Gasteiger partial charge >= 0.3 is 0 Å². The summed E-state index contributed by atoms with van der Waals surface area (Å²) in [5, 5.41) is 3.41. The van der Waals surface area contributed by atoms with E-state index in [9.17, 15) is 0 Å². The molecule has 0 bridgehead atoms. The van der Waals surface area contributed by atoms with E-state index in [0.29, 0.717) is 6.61 Å². The van der Waals surface area contributed by atoms with Crippen LogP contribution < -0.4 is 10.1 Å². The number of thiophene rings is 1. The van der Waals surface area contributed by atoms with Crippen LogP contribution in [0.15, 0.2) is 36.4 Å². The number of ether oxygens (including phenoxy) is 1. The normalized spacial score (nSPS) is 10.8. The van der Waals surface area contributed by atoms with Crippen molar-refractivity contribution in [1.82, 2.24) is 5.32 Å². The van der Waals surface area contributed by atoms with Crippen LogP contribution in [0.1, 0.15) is 35.1 Å². The lowest BCUT2D eigenvalue weighted by atomic mass is 10.1. The Hall–Kier alpha value is -1.32.